The fraction of sp³-hybridized carbons (Fsp3) is 0.462. The van der Waals surface area contributed by atoms with E-state index in [9.17, 15) is 14.0 Å². The zero-order valence-electron chi connectivity index (χ0n) is 10.7. The molecular formula is C13H16FN3O2. The summed E-state index contributed by atoms with van der Waals surface area (Å²) in [6, 6.07) is 2.63. The first-order valence-electron chi connectivity index (χ1n) is 6.24. The molecule has 0 aromatic carbocycles. The largest absolute Gasteiger partial charge is 0.359 e. The molecule has 6 heteroatoms. The van der Waals surface area contributed by atoms with Crippen molar-refractivity contribution in [3.05, 3.63) is 29.8 Å². The summed E-state index contributed by atoms with van der Waals surface area (Å²) in [5.41, 5.74) is 0.297. The van der Waals surface area contributed by atoms with Crippen molar-refractivity contribution in [1.82, 2.24) is 15.2 Å². The molecule has 2 amide bonds. The number of pyridine rings is 1. The van der Waals surface area contributed by atoms with E-state index >= 15 is 0 Å². The maximum Gasteiger partial charge on any atom is 0.254 e. The molecule has 1 aliphatic rings. The van der Waals surface area contributed by atoms with Crippen molar-refractivity contribution in [3.8, 4) is 0 Å². The van der Waals surface area contributed by atoms with E-state index in [1.165, 1.54) is 12.3 Å². The Hall–Kier alpha value is -1.98. The summed E-state index contributed by atoms with van der Waals surface area (Å²) in [6.07, 6.45) is 2.55. The number of rotatable bonds is 2. The highest BCUT2D eigenvalue weighted by atomic mass is 19.1. The number of piperidine rings is 1. The lowest BCUT2D eigenvalue weighted by molar-refractivity contribution is -0.125. The number of halogens is 1. The van der Waals surface area contributed by atoms with E-state index < -0.39 is 5.95 Å². The van der Waals surface area contributed by atoms with Crippen LogP contribution in [0.1, 0.15) is 23.2 Å². The molecule has 0 spiro atoms. The Morgan fingerprint density at radius 1 is 1.42 bits per heavy atom. The van der Waals surface area contributed by atoms with Crippen LogP contribution in [0.4, 0.5) is 4.39 Å². The number of carbonyl (C=O) groups excluding carboxylic acids is 2. The Bertz CT molecular complexity index is 485. The van der Waals surface area contributed by atoms with Crippen LogP contribution in [0.2, 0.25) is 0 Å². The molecule has 1 fully saturated rings. The lowest BCUT2D eigenvalue weighted by atomic mass is 9.95. The van der Waals surface area contributed by atoms with Crippen molar-refractivity contribution in [2.75, 3.05) is 20.1 Å². The molecule has 0 saturated carbocycles. The third-order valence-corrected chi connectivity index (χ3v) is 3.37. The molecule has 1 aromatic heterocycles. The third kappa shape index (κ3) is 3.07. The topological polar surface area (TPSA) is 62.3 Å². The van der Waals surface area contributed by atoms with Gasteiger partial charge in [0.15, 0.2) is 0 Å². The fourth-order valence-electron chi connectivity index (χ4n) is 2.27. The van der Waals surface area contributed by atoms with Crippen LogP contribution in [-0.4, -0.2) is 41.8 Å². The van der Waals surface area contributed by atoms with E-state index in [1.807, 2.05) is 0 Å². The summed E-state index contributed by atoms with van der Waals surface area (Å²) < 4.78 is 13.0. The Labute approximate surface area is 110 Å². The normalized spacial score (nSPS) is 16.2. The summed E-state index contributed by atoms with van der Waals surface area (Å²) >= 11 is 0. The van der Waals surface area contributed by atoms with Gasteiger partial charge in [0.2, 0.25) is 11.9 Å². The van der Waals surface area contributed by atoms with E-state index in [2.05, 4.69) is 10.3 Å². The van der Waals surface area contributed by atoms with Gasteiger partial charge in [0.1, 0.15) is 0 Å². The molecule has 2 heterocycles. The van der Waals surface area contributed by atoms with Crippen molar-refractivity contribution < 1.29 is 14.0 Å². The van der Waals surface area contributed by atoms with E-state index in [0.717, 1.165) is 6.07 Å². The van der Waals surface area contributed by atoms with Gasteiger partial charge in [-0.25, -0.2) is 4.98 Å². The Morgan fingerprint density at radius 3 is 2.68 bits per heavy atom. The third-order valence-electron chi connectivity index (χ3n) is 3.37. The molecule has 102 valence electrons. The fourth-order valence-corrected chi connectivity index (χ4v) is 2.27. The van der Waals surface area contributed by atoms with Gasteiger partial charge in [0.25, 0.3) is 5.91 Å². The van der Waals surface area contributed by atoms with Gasteiger partial charge >= 0.3 is 0 Å². The van der Waals surface area contributed by atoms with Gasteiger partial charge in [-0.3, -0.25) is 9.59 Å². The number of nitrogens with zero attached hydrogens (tertiary/aromatic N) is 2. The lowest BCUT2D eigenvalue weighted by Gasteiger charge is -2.31. The van der Waals surface area contributed by atoms with Crippen LogP contribution >= 0.6 is 0 Å². The number of carbonyl (C=O) groups is 2. The summed E-state index contributed by atoms with van der Waals surface area (Å²) in [5, 5.41) is 2.62. The van der Waals surface area contributed by atoms with Crippen LogP contribution < -0.4 is 5.32 Å². The molecule has 0 atom stereocenters. The van der Waals surface area contributed by atoms with E-state index in [1.54, 1.807) is 11.9 Å². The maximum absolute atomic E-state index is 13.0. The minimum absolute atomic E-state index is 0.0158. The quantitative estimate of drug-likeness (QED) is 0.805. The highest BCUT2D eigenvalue weighted by Gasteiger charge is 2.27. The van der Waals surface area contributed by atoms with Gasteiger partial charge in [-0.15, -0.1) is 0 Å². The molecule has 19 heavy (non-hydrogen) atoms. The number of nitrogens with one attached hydrogen (secondary N) is 1. The van der Waals surface area contributed by atoms with Crippen LogP contribution in [0.3, 0.4) is 0 Å². The van der Waals surface area contributed by atoms with Crippen LogP contribution in [0, 0.1) is 11.9 Å². The Morgan fingerprint density at radius 2 is 2.11 bits per heavy atom. The molecule has 2 rings (SSSR count). The van der Waals surface area contributed by atoms with Gasteiger partial charge in [0.05, 0.1) is 0 Å². The molecule has 5 nitrogen and oxygen atoms in total. The first-order chi connectivity index (χ1) is 9.11. The van der Waals surface area contributed by atoms with Gasteiger partial charge < -0.3 is 10.2 Å². The monoisotopic (exact) mass is 265 g/mol. The van der Waals surface area contributed by atoms with Crippen molar-refractivity contribution in [3.63, 3.8) is 0 Å². The van der Waals surface area contributed by atoms with E-state index in [0.29, 0.717) is 31.5 Å². The summed E-state index contributed by atoms with van der Waals surface area (Å²) in [7, 11) is 1.61. The second kappa shape index (κ2) is 5.77. The Balaban J connectivity index is 1.98. The minimum Gasteiger partial charge on any atom is -0.359 e. The summed E-state index contributed by atoms with van der Waals surface area (Å²) in [6.45, 7) is 1.03. The van der Waals surface area contributed by atoms with Crippen molar-refractivity contribution in [2.24, 2.45) is 5.92 Å². The molecule has 1 aliphatic heterocycles. The van der Waals surface area contributed by atoms with Crippen LogP contribution in [0.5, 0.6) is 0 Å². The van der Waals surface area contributed by atoms with Crippen molar-refractivity contribution >= 4 is 11.8 Å². The minimum atomic E-state index is -0.661. The number of likely N-dealkylation sites (tertiary alicyclic amines) is 1. The second-order valence-corrected chi connectivity index (χ2v) is 4.55. The molecule has 0 aliphatic carbocycles. The van der Waals surface area contributed by atoms with Crippen molar-refractivity contribution in [1.29, 1.82) is 0 Å². The van der Waals surface area contributed by atoms with Crippen LogP contribution in [-0.2, 0) is 4.79 Å². The number of hydrogen-bond donors (Lipinski definition) is 1. The predicted octanol–water partition coefficient (Wildman–Crippen LogP) is 0.819. The maximum atomic E-state index is 13.0. The average molecular weight is 265 g/mol. The summed E-state index contributed by atoms with van der Waals surface area (Å²) in [4.78, 5) is 28.7. The standard InChI is InChI=1S/C13H16FN3O2/c1-15-12(18)9-3-6-17(7-4-9)13(19)10-2-5-16-11(14)8-10/h2,5,8-9H,3-4,6-7H2,1H3,(H,15,18). The molecule has 1 saturated heterocycles. The number of hydrogen-bond acceptors (Lipinski definition) is 3. The first kappa shape index (κ1) is 13.5. The number of amides is 2. The van der Waals surface area contributed by atoms with Gasteiger partial charge in [-0.2, -0.15) is 4.39 Å². The van der Waals surface area contributed by atoms with Crippen LogP contribution in [0.25, 0.3) is 0 Å². The highest BCUT2D eigenvalue weighted by molar-refractivity contribution is 5.94. The molecule has 0 radical (unpaired) electrons. The number of aromatic nitrogens is 1. The highest BCUT2D eigenvalue weighted by Crippen LogP contribution is 2.19. The van der Waals surface area contributed by atoms with Gasteiger partial charge in [-0.05, 0) is 18.9 Å². The zero-order chi connectivity index (χ0) is 13.8. The van der Waals surface area contributed by atoms with E-state index in [-0.39, 0.29) is 17.7 Å². The van der Waals surface area contributed by atoms with Gasteiger partial charge in [-0.1, -0.05) is 0 Å². The first-order valence-corrected chi connectivity index (χ1v) is 6.24. The SMILES string of the molecule is CNC(=O)C1CCN(C(=O)c2ccnc(F)c2)CC1. The summed E-state index contributed by atoms with van der Waals surface area (Å²) in [5.74, 6) is -0.895. The molecular weight excluding hydrogens is 249 g/mol. The zero-order valence-corrected chi connectivity index (χ0v) is 10.7. The molecule has 1 N–H and O–H groups in total. The van der Waals surface area contributed by atoms with E-state index in [4.69, 9.17) is 0 Å². The van der Waals surface area contributed by atoms with Gasteiger partial charge in [0, 0.05) is 43.9 Å². The van der Waals surface area contributed by atoms with Crippen molar-refractivity contribution in [2.45, 2.75) is 12.8 Å². The lowest BCUT2D eigenvalue weighted by Crippen LogP contribution is -2.42. The molecule has 0 unspecified atom stereocenters. The Kier molecular flexibility index (Phi) is 4.09. The molecule has 0 bridgehead atoms. The van der Waals surface area contributed by atoms with Crippen LogP contribution in [0.15, 0.2) is 18.3 Å². The average Bonchev–Trinajstić information content (AvgIpc) is 2.46. The predicted molar refractivity (Wildman–Crippen MR) is 66.9 cm³/mol. The second-order valence-electron chi connectivity index (χ2n) is 4.55. The molecule has 1 aromatic rings. The smallest absolute Gasteiger partial charge is 0.254 e.